The molecule has 1 atom stereocenters. The number of aliphatic imine (C=N–C) groups is 1. The number of hydrogen-bond acceptors (Lipinski definition) is 7. The van der Waals surface area contributed by atoms with Crippen molar-refractivity contribution < 1.29 is 9.47 Å². The number of aromatic nitrogens is 2. The van der Waals surface area contributed by atoms with Crippen LogP contribution < -0.4 is 20.2 Å². The number of H-pyrrole nitrogens is 1. The van der Waals surface area contributed by atoms with Crippen LogP contribution in [0.5, 0.6) is 11.5 Å². The van der Waals surface area contributed by atoms with E-state index in [0.717, 1.165) is 22.2 Å². The van der Waals surface area contributed by atoms with E-state index in [0.29, 0.717) is 29.1 Å². The summed E-state index contributed by atoms with van der Waals surface area (Å²) in [4.78, 5) is 4.74. The van der Waals surface area contributed by atoms with Crippen molar-refractivity contribution in [2.24, 2.45) is 4.99 Å². The summed E-state index contributed by atoms with van der Waals surface area (Å²) in [6, 6.07) is 9.61. The van der Waals surface area contributed by atoms with E-state index in [1.165, 1.54) is 0 Å². The fourth-order valence-corrected chi connectivity index (χ4v) is 3.34. The Bertz CT molecular complexity index is 1030. The summed E-state index contributed by atoms with van der Waals surface area (Å²) in [6.45, 7) is 2.52. The molecule has 0 saturated heterocycles. The van der Waals surface area contributed by atoms with E-state index in [9.17, 15) is 0 Å². The summed E-state index contributed by atoms with van der Waals surface area (Å²) in [6.07, 6.45) is 1.45. The number of halogens is 1. The number of ether oxygens (including phenoxy) is 2. The zero-order valence-electron chi connectivity index (χ0n) is 15.8. The molecule has 3 N–H and O–H groups in total. The van der Waals surface area contributed by atoms with E-state index in [1.54, 1.807) is 13.3 Å². The molecule has 2 heterocycles. The fourth-order valence-electron chi connectivity index (χ4n) is 3.08. The van der Waals surface area contributed by atoms with Gasteiger partial charge >= 0.3 is 0 Å². The van der Waals surface area contributed by atoms with Gasteiger partial charge in [0.25, 0.3) is 0 Å². The van der Waals surface area contributed by atoms with Crippen LogP contribution in [0.4, 0.5) is 5.69 Å². The summed E-state index contributed by atoms with van der Waals surface area (Å²) in [5.41, 5.74) is 5.90. The molecule has 3 aromatic rings. The van der Waals surface area contributed by atoms with Gasteiger partial charge in [-0.2, -0.15) is 5.10 Å². The van der Waals surface area contributed by atoms with E-state index in [1.807, 2.05) is 49.3 Å². The van der Waals surface area contributed by atoms with E-state index in [2.05, 4.69) is 20.9 Å². The minimum atomic E-state index is -0.256. The van der Waals surface area contributed by atoms with Crippen molar-refractivity contribution in [3.05, 3.63) is 47.1 Å². The van der Waals surface area contributed by atoms with Crippen molar-refractivity contribution in [2.75, 3.05) is 26.1 Å². The zero-order chi connectivity index (χ0) is 19.7. The van der Waals surface area contributed by atoms with Crippen LogP contribution in [0.2, 0.25) is 5.02 Å². The molecule has 2 aromatic carbocycles. The summed E-state index contributed by atoms with van der Waals surface area (Å²) in [7, 11) is 3.52. The van der Waals surface area contributed by atoms with Gasteiger partial charge in [0.15, 0.2) is 11.5 Å². The van der Waals surface area contributed by atoms with E-state index in [4.69, 9.17) is 26.1 Å². The minimum absolute atomic E-state index is 0.256. The highest BCUT2D eigenvalue weighted by molar-refractivity contribution is 6.38. The number of fused-ring (bicyclic) bond motifs is 1. The molecule has 9 heteroatoms. The first kappa shape index (κ1) is 18.4. The molecular formula is C19H21ClN6O2. The first-order valence-corrected chi connectivity index (χ1v) is 9.25. The summed E-state index contributed by atoms with van der Waals surface area (Å²) >= 11 is 6.50. The first-order chi connectivity index (χ1) is 13.6. The predicted octanol–water partition coefficient (Wildman–Crippen LogP) is 3.54. The van der Waals surface area contributed by atoms with Gasteiger partial charge < -0.3 is 14.8 Å². The molecule has 0 fully saturated rings. The molecule has 146 valence electrons. The Hall–Kier alpha value is -2.97. The van der Waals surface area contributed by atoms with Crippen LogP contribution in [0.3, 0.4) is 0 Å². The molecule has 0 saturated carbocycles. The quantitative estimate of drug-likeness (QED) is 0.607. The zero-order valence-corrected chi connectivity index (χ0v) is 16.5. The molecular weight excluding hydrogens is 380 g/mol. The molecule has 0 radical (unpaired) electrons. The van der Waals surface area contributed by atoms with Gasteiger partial charge in [-0.25, -0.2) is 10.4 Å². The standard InChI is InChI=1S/C19H21ClN6O2/c1-4-28-15-8-5-11(9-16(15)27-3)18-23-19(26(2)25-18)22-14-7-6-13-12(17(14)20)10-21-24-13/h5-10,18,25H,4H2,1-3H3,(H,21,24)(H,22,23). The first-order valence-electron chi connectivity index (χ1n) is 8.87. The number of aromatic amines is 1. The highest BCUT2D eigenvalue weighted by atomic mass is 35.5. The third-order valence-corrected chi connectivity index (χ3v) is 4.90. The number of benzene rings is 2. The maximum absolute atomic E-state index is 6.50. The molecule has 0 bridgehead atoms. The number of hydrogen-bond donors (Lipinski definition) is 3. The van der Waals surface area contributed by atoms with Crippen LogP contribution in [0.1, 0.15) is 18.7 Å². The molecule has 1 aliphatic rings. The van der Waals surface area contributed by atoms with Crippen molar-refractivity contribution >= 4 is 34.2 Å². The number of rotatable bonds is 5. The Morgan fingerprint density at radius 1 is 1.25 bits per heavy atom. The largest absolute Gasteiger partial charge is 0.493 e. The molecule has 28 heavy (non-hydrogen) atoms. The monoisotopic (exact) mass is 400 g/mol. The Morgan fingerprint density at radius 2 is 2.11 bits per heavy atom. The van der Waals surface area contributed by atoms with Crippen molar-refractivity contribution in [2.45, 2.75) is 13.1 Å². The van der Waals surface area contributed by atoms with Gasteiger partial charge in [-0.1, -0.05) is 17.7 Å². The third kappa shape index (κ3) is 3.32. The highest BCUT2D eigenvalue weighted by Gasteiger charge is 2.25. The number of hydrazine groups is 1. The number of guanidine groups is 1. The number of nitrogens with one attached hydrogen (secondary N) is 3. The second-order valence-corrected chi connectivity index (χ2v) is 6.65. The van der Waals surface area contributed by atoms with Crippen LogP contribution in [-0.2, 0) is 0 Å². The normalized spacial score (nSPS) is 16.4. The molecule has 1 aliphatic heterocycles. The van der Waals surface area contributed by atoms with Gasteiger partial charge in [-0.3, -0.25) is 10.1 Å². The van der Waals surface area contributed by atoms with Gasteiger partial charge in [0.2, 0.25) is 5.96 Å². The lowest BCUT2D eigenvalue weighted by atomic mass is 10.1. The topological polar surface area (TPSA) is 86.8 Å². The fraction of sp³-hybridized carbons (Fsp3) is 0.263. The maximum atomic E-state index is 6.50. The van der Waals surface area contributed by atoms with Crippen LogP contribution in [0.25, 0.3) is 10.9 Å². The van der Waals surface area contributed by atoms with Gasteiger partial charge in [0, 0.05) is 12.4 Å². The van der Waals surface area contributed by atoms with Crippen molar-refractivity contribution in [1.29, 1.82) is 0 Å². The number of nitrogens with zero attached hydrogens (tertiary/aromatic N) is 3. The van der Waals surface area contributed by atoms with Gasteiger partial charge in [0.05, 0.1) is 36.1 Å². The van der Waals surface area contributed by atoms with E-state index >= 15 is 0 Å². The van der Waals surface area contributed by atoms with Crippen LogP contribution in [0.15, 0.2) is 41.5 Å². The van der Waals surface area contributed by atoms with Crippen molar-refractivity contribution in [1.82, 2.24) is 20.6 Å². The smallest absolute Gasteiger partial charge is 0.215 e. The molecule has 1 unspecified atom stereocenters. The molecule has 8 nitrogen and oxygen atoms in total. The van der Waals surface area contributed by atoms with Crippen molar-refractivity contribution in [3.8, 4) is 11.5 Å². The number of methoxy groups -OCH3 is 1. The maximum Gasteiger partial charge on any atom is 0.215 e. The van der Waals surface area contributed by atoms with Crippen LogP contribution in [0, 0.1) is 0 Å². The Labute approximate surface area is 167 Å². The second-order valence-electron chi connectivity index (χ2n) is 6.27. The van der Waals surface area contributed by atoms with Crippen LogP contribution >= 0.6 is 11.6 Å². The Balaban J connectivity index is 1.59. The molecule has 0 aliphatic carbocycles. The lowest BCUT2D eigenvalue weighted by Gasteiger charge is -2.18. The summed E-state index contributed by atoms with van der Waals surface area (Å²) in [5, 5.41) is 13.5. The Morgan fingerprint density at radius 3 is 2.89 bits per heavy atom. The molecule has 0 spiro atoms. The molecule has 4 rings (SSSR count). The van der Waals surface area contributed by atoms with Crippen molar-refractivity contribution in [3.63, 3.8) is 0 Å². The van der Waals surface area contributed by atoms with E-state index < -0.39 is 0 Å². The molecule has 1 aromatic heterocycles. The second kappa shape index (κ2) is 7.57. The predicted molar refractivity (Wildman–Crippen MR) is 110 cm³/mol. The highest BCUT2D eigenvalue weighted by Crippen LogP contribution is 2.33. The number of anilines is 1. The van der Waals surface area contributed by atoms with Crippen LogP contribution in [-0.4, -0.2) is 41.9 Å². The van der Waals surface area contributed by atoms with Gasteiger partial charge in [-0.05, 0) is 36.8 Å². The minimum Gasteiger partial charge on any atom is -0.493 e. The van der Waals surface area contributed by atoms with E-state index in [-0.39, 0.29) is 6.17 Å². The third-order valence-electron chi connectivity index (χ3n) is 4.49. The lowest BCUT2D eigenvalue weighted by molar-refractivity contribution is 0.309. The molecule has 0 amide bonds. The lowest BCUT2D eigenvalue weighted by Crippen LogP contribution is -2.37. The summed E-state index contributed by atoms with van der Waals surface area (Å²) < 4.78 is 11.0. The average molecular weight is 401 g/mol. The van der Waals surface area contributed by atoms with Gasteiger partial charge in [0.1, 0.15) is 6.17 Å². The Kier molecular flexibility index (Phi) is 4.97. The SMILES string of the molecule is CCOc1ccc(C2N=C(Nc3ccc4[nH]ncc4c3Cl)N(C)N2)cc1OC. The summed E-state index contributed by atoms with van der Waals surface area (Å²) in [5.74, 6) is 2.04. The van der Waals surface area contributed by atoms with Gasteiger partial charge in [-0.15, -0.1) is 0 Å². The average Bonchev–Trinajstić information content (AvgIpc) is 3.32.